The zero-order valence-electron chi connectivity index (χ0n) is 16.5. The minimum atomic E-state index is -0.0128. The molecule has 0 spiro atoms. The third-order valence-electron chi connectivity index (χ3n) is 7.38. The van der Waals surface area contributed by atoms with Crippen LogP contribution in [0.2, 0.25) is 5.04 Å². The molecule has 0 heterocycles. The summed E-state index contributed by atoms with van der Waals surface area (Å²) in [6, 6.07) is 0. The highest BCUT2D eigenvalue weighted by Crippen LogP contribution is 2.61. The first-order valence-electron chi connectivity index (χ1n) is 10.5. The van der Waals surface area contributed by atoms with E-state index in [4.69, 9.17) is 0 Å². The molecule has 2 heteroatoms. The zero-order chi connectivity index (χ0) is 17.1. The van der Waals surface area contributed by atoms with Gasteiger partial charge in [-0.25, -0.2) is 0 Å². The van der Waals surface area contributed by atoms with Crippen molar-refractivity contribution in [1.29, 1.82) is 0 Å². The summed E-state index contributed by atoms with van der Waals surface area (Å²) < 4.78 is 0. The minimum Gasteiger partial charge on any atom is -0.393 e. The van der Waals surface area contributed by atoms with Gasteiger partial charge < -0.3 is 5.11 Å². The lowest BCUT2D eigenvalue weighted by molar-refractivity contribution is -0.0337. The molecule has 2 rings (SSSR count). The van der Waals surface area contributed by atoms with E-state index in [0.717, 1.165) is 18.3 Å². The molecule has 0 aromatic rings. The quantitative estimate of drug-likeness (QED) is 0.482. The van der Waals surface area contributed by atoms with Crippen molar-refractivity contribution in [2.75, 3.05) is 0 Å². The summed E-state index contributed by atoms with van der Waals surface area (Å²) in [6.07, 6.45) is 14.8. The topological polar surface area (TPSA) is 20.2 Å². The Bertz CT molecular complexity index is 361. The van der Waals surface area contributed by atoms with Crippen LogP contribution < -0.4 is 0 Å². The van der Waals surface area contributed by atoms with E-state index in [9.17, 15) is 5.11 Å². The molecule has 1 unspecified atom stereocenters. The zero-order valence-corrected chi connectivity index (χ0v) is 18.5. The normalized spacial score (nSPS) is 36.1. The summed E-state index contributed by atoms with van der Waals surface area (Å²) in [6.45, 7) is 9.88. The molecule has 2 aliphatic rings. The molecule has 0 aliphatic heterocycles. The van der Waals surface area contributed by atoms with Crippen molar-refractivity contribution >= 4 is 10.2 Å². The highest BCUT2D eigenvalue weighted by Gasteiger charge is 2.54. The van der Waals surface area contributed by atoms with Gasteiger partial charge in [0.25, 0.3) is 0 Å². The van der Waals surface area contributed by atoms with E-state index in [1.807, 2.05) is 0 Å². The van der Waals surface area contributed by atoms with Gasteiger partial charge in [0.05, 0.1) is 6.10 Å². The number of fused-ring (bicyclic) bond motifs is 1. The number of unbranched alkanes of at least 4 members (excludes halogenated alkanes) is 4. The average molecular weight is 339 g/mol. The molecule has 2 fully saturated rings. The van der Waals surface area contributed by atoms with Crippen LogP contribution in [0.25, 0.3) is 0 Å². The molecule has 0 saturated heterocycles. The Balaban J connectivity index is 2.04. The number of rotatable bonds is 8. The maximum Gasteiger partial charge on any atom is 0.0573 e. The first kappa shape index (κ1) is 19.5. The molecule has 0 radical (unpaired) electrons. The van der Waals surface area contributed by atoms with Crippen LogP contribution in [0, 0.1) is 23.2 Å². The van der Waals surface area contributed by atoms with Crippen molar-refractivity contribution in [3.05, 3.63) is 0 Å². The Morgan fingerprint density at radius 3 is 2.48 bits per heavy atom. The van der Waals surface area contributed by atoms with E-state index in [1.54, 1.807) is 0 Å². The van der Waals surface area contributed by atoms with Gasteiger partial charge in [-0.3, -0.25) is 0 Å². The first-order valence-corrected chi connectivity index (χ1v) is 11.5. The summed E-state index contributed by atoms with van der Waals surface area (Å²) >= 11 is 0. The Labute approximate surface area is 148 Å². The molecule has 136 valence electrons. The number of hydrogen-bond acceptors (Lipinski definition) is 1. The van der Waals surface area contributed by atoms with Crippen LogP contribution in [0.4, 0.5) is 0 Å². The van der Waals surface area contributed by atoms with Crippen LogP contribution in [-0.4, -0.2) is 21.5 Å². The van der Waals surface area contributed by atoms with Crippen LogP contribution >= 0.6 is 0 Å². The molecule has 0 aromatic carbocycles. The van der Waals surface area contributed by atoms with Gasteiger partial charge >= 0.3 is 0 Å². The van der Waals surface area contributed by atoms with Crippen LogP contribution in [0.1, 0.15) is 98.3 Å². The second-order valence-corrected chi connectivity index (χ2v) is 12.5. The summed E-state index contributed by atoms with van der Waals surface area (Å²) in [5.41, 5.74) is 0.424. The molecule has 23 heavy (non-hydrogen) atoms. The molecule has 2 aliphatic carbocycles. The maximum atomic E-state index is 10.5. The highest BCUT2D eigenvalue weighted by atomic mass is 28.1. The number of aliphatic hydroxyl groups is 1. The standard InChI is InChI=1S/C21H42OSi/c1-5-6-7-8-9-11-16(20(2,3)23)17-13-14-18-19(22)12-10-15-21(17,18)4/h16-19,22H,5-15H2,1-4,23H3/t16?,17-,18+,19+,21-/m1/s1. The molecular formula is C21H42OSi. The van der Waals surface area contributed by atoms with Crippen LogP contribution in [0.15, 0.2) is 0 Å². The minimum absolute atomic E-state index is 0.0128. The van der Waals surface area contributed by atoms with Crippen LogP contribution in [-0.2, 0) is 0 Å². The van der Waals surface area contributed by atoms with Crippen molar-refractivity contribution in [2.24, 2.45) is 23.2 Å². The van der Waals surface area contributed by atoms with Crippen molar-refractivity contribution in [3.63, 3.8) is 0 Å². The lowest BCUT2D eigenvalue weighted by Crippen LogP contribution is -2.43. The van der Waals surface area contributed by atoms with Gasteiger partial charge in [0.2, 0.25) is 0 Å². The van der Waals surface area contributed by atoms with Crippen molar-refractivity contribution < 1.29 is 5.11 Å². The van der Waals surface area contributed by atoms with E-state index in [1.165, 1.54) is 74.5 Å². The fraction of sp³-hybridized carbons (Fsp3) is 1.00. The SMILES string of the molecule is CCCCCCCC([C@H]1CC[C@H]2[C@@H](O)CCC[C@]12C)C(C)(C)[SiH3]. The molecule has 2 saturated carbocycles. The van der Waals surface area contributed by atoms with E-state index in [2.05, 4.69) is 27.7 Å². The lowest BCUT2D eigenvalue weighted by Gasteiger charge is -2.49. The monoisotopic (exact) mass is 338 g/mol. The van der Waals surface area contributed by atoms with Crippen molar-refractivity contribution in [1.82, 2.24) is 0 Å². The van der Waals surface area contributed by atoms with Gasteiger partial charge in [0, 0.05) is 10.2 Å². The molecule has 5 atom stereocenters. The largest absolute Gasteiger partial charge is 0.393 e. The van der Waals surface area contributed by atoms with Crippen molar-refractivity contribution in [2.45, 2.75) is 109 Å². The number of hydrogen-bond donors (Lipinski definition) is 1. The van der Waals surface area contributed by atoms with E-state index in [0.29, 0.717) is 16.4 Å². The van der Waals surface area contributed by atoms with E-state index in [-0.39, 0.29) is 6.10 Å². The highest BCUT2D eigenvalue weighted by molar-refractivity contribution is 6.14. The molecule has 0 bridgehead atoms. The molecule has 1 N–H and O–H groups in total. The molecule has 1 nitrogen and oxygen atoms in total. The average Bonchev–Trinajstić information content (AvgIpc) is 2.80. The Morgan fingerprint density at radius 2 is 1.83 bits per heavy atom. The van der Waals surface area contributed by atoms with Crippen LogP contribution in [0.3, 0.4) is 0 Å². The fourth-order valence-corrected chi connectivity index (χ4v) is 6.75. The Morgan fingerprint density at radius 1 is 1.13 bits per heavy atom. The smallest absolute Gasteiger partial charge is 0.0573 e. The van der Waals surface area contributed by atoms with Gasteiger partial charge in [0.15, 0.2) is 0 Å². The fourth-order valence-electron chi connectivity index (χ4n) is 6.06. The summed E-state index contributed by atoms with van der Waals surface area (Å²) in [5.74, 6) is 2.34. The summed E-state index contributed by atoms with van der Waals surface area (Å²) in [4.78, 5) is 0. The summed E-state index contributed by atoms with van der Waals surface area (Å²) in [5, 5.41) is 11.1. The molecular weight excluding hydrogens is 296 g/mol. The van der Waals surface area contributed by atoms with Gasteiger partial charge in [-0.2, -0.15) is 0 Å². The molecule has 0 aromatic heterocycles. The first-order chi connectivity index (χ1) is 10.8. The van der Waals surface area contributed by atoms with E-state index >= 15 is 0 Å². The van der Waals surface area contributed by atoms with Gasteiger partial charge in [0.1, 0.15) is 0 Å². The number of aliphatic hydroxyl groups excluding tert-OH is 1. The molecule has 0 amide bonds. The maximum absolute atomic E-state index is 10.5. The van der Waals surface area contributed by atoms with Gasteiger partial charge in [-0.05, 0) is 60.3 Å². The second kappa shape index (κ2) is 8.04. The van der Waals surface area contributed by atoms with Crippen LogP contribution in [0.5, 0.6) is 0 Å². The van der Waals surface area contributed by atoms with Gasteiger partial charge in [-0.1, -0.05) is 66.2 Å². The predicted molar refractivity (Wildman–Crippen MR) is 105 cm³/mol. The van der Waals surface area contributed by atoms with E-state index < -0.39 is 0 Å². The lowest BCUT2D eigenvalue weighted by atomic mass is 9.59. The third kappa shape index (κ3) is 4.42. The third-order valence-corrected chi connectivity index (χ3v) is 8.12. The predicted octanol–water partition coefficient (Wildman–Crippen LogP) is 5.10. The Hall–Kier alpha value is 0.177. The summed E-state index contributed by atoms with van der Waals surface area (Å²) in [7, 11) is 1.29. The Kier molecular flexibility index (Phi) is 6.81. The van der Waals surface area contributed by atoms with Crippen molar-refractivity contribution in [3.8, 4) is 0 Å². The van der Waals surface area contributed by atoms with Gasteiger partial charge in [-0.15, -0.1) is 0 Å². The second-order valence-electron chi connectivity index (χ2n) is 9.93.